The van der Waals surface area contributed by atoms with Crippen LogP contribution in [0.15, 0.2) is 0 Å². The summed E-state index contributed by atoms with van der Waals surface area (Å²) in [5.41, 5.74) is 5.29. The molecule has 1 amide bonds. The van der Waals surface area contributed by atoms with E-state index in [4.69, 9.17) is 5.73 Å². The van der Waals surface area contributed by atoms with Gasteiger partial charge in [-0.25, -0.2) is 4.39 Å². The lowest BCUT2D eigenvalue weighted by molar-refractivity contribution is -0.146. The van der Waals surface area contributed by atoms with Gasteiger partial charge in [0.05, 0.1) is 0 Å². The van der Waals surface area contributed by atoms with Crippen LogP contribution in [0.1, 0.15) is 38.5 Å². The third-order valence-corrected chi connectivity index (χ3v) is 3.31. The zero-order valence-electron chi connectivity index (χ0n) is 9.17. The minimum atomic E-state index is -2.48. The van der Waals surface area contributed by atoms with Crippen LogP contribution in [0.5, 0.6) is 0 Å². The summed E-state index contributed by atoms with van der Waals surface area (Å²) in [5, 5.41) is 2.46. The molecule has 0 unspecified atom stereocenters. The lowest BCUT2D eigenvalue weighted by atomic mass is 9.79. The van der Waals surface area contributed by atoms with Crippen molar-refractivity contribution in [3.8, 4) is 0 Å². The average Bonchev–Trinajstić information content (AvgIpc) is 2.94. The van der Waals surface area contributed by atoms with Crippen molar-refractivity contribution in [2.24, 2.45) is 11.7 Å². The molecule has 5 heteroatoms. The zero-order valence-corrected chi connectivity index (χ0v) is 9.17. The van der Waals surface area contributed by atoms with E-state index in [1.54, 1.807) is 0 Å². The smallest absolute Gasteiger partial charge is 0.292 e. The molecular weight excluding hydrogens is 211 g/mol. The van der Waals surface area contributed by atoms with Crippen molar-refractivity contribution in [1.29, 1.82) is 0 Å². The molecule has 2 rings (SSSR count). The van der Waals surface area contributed by atoms with Crippen LogP contribution in [-0.4, -0.2) is 23.5 Å². The van der Waals surface area contributed by atoms with Crippen LogP contribution in [0.2, 0.25) is 0 Å². The summed E-state index contributed by atoms with van der Waals surface area (Å²) in [6, 6.07) is 0.0518. The molecule has 16 heavy (non-hydrogen) atoms. The predicted octanol–water partition coefficient (Wildman–Crippen LogP) is 0.649. The average molecular weight is 228 g/mol. The maximum atomic E-state index is 13.8. The van der Waals surface area contributed by atoms with Crippen molar-refractivity contribution < 1.29 is 14.0 Å². The highest BCUT2D eigenvalue weighted by atomic mass is 19.1. The Hall–Kier alpha value is -0.970. The summed E-state index contributed by atoms with van der Waals surface area (Å²) >= 11 is 0. The van der Waals surface area contributed by atoms with E-state index in [9.17, 15) is 14.0 Å². The van der Waals surface area contributed by atoms with Crippen molar-refractivity contribution >= 4 is 11.7 Å². The SMILES string of the molecule is N[C@@](F)(CC1CCC1)C(=O)C(=O)NC1CC1. The molecule has 0 aromatic carbocycles. The maximum absolute atomic E-state index is 13.8. The van der Waals surface area contributed by atoms with Gasteiger partial charge in [0.15, 0.2) is 0 Å². The lowest BCUT2D eigenvalue weighted by Gasteiger charge is -2.30. The molecule has 0 heterocycles. The van der Waals surface area contributed by atoms with Crippen LogP contribution in [0.4, 0.5) is 4.39 Å². The van der Waals surface area contributed by atoms with Crippen molar-refractivity contribution in [1.82, 2.24) is 5.32 Å². The van der Waals surface area contributed by atoms with E-state index < -0.39 is 17.5 Å². The van der Waals surface area contributed by atoms with Crippen LogP contribution in [0.3, 0.4) is 0 Å². The number of carbonyl (C=O) groups is 2. The first kappa shape index (κ1) is 11.5. The Morgan fingerprint density at radius 3 is 2.38 bits per heavy atom. The van der Waals surface area contributed by atoms with Crippen molar-refractivity contribution in [3.63, 3.8) is 0 Å². The summed E-state index contributed by atoms with van der Waals surface area (Å²) in [6.45, 7) is 0. The summed E-state index contributed by atoms with van der Waals surface area (Å²) in [4.78, 5) is 22.8. The summed E-state index contributed by atoms with van der Waals surface area (Å²) in [5.74, 6) is -4.31. The monoisotopic (exact) mass is 228 g/mol. The Labute approximate surface area is 93.8 Å². The largest absolute Gasteiger partial charge is 0.347 e. The normalized spacial score (nSPS) is 24.4. The van der Waals surface area contributed by atoms with E-state index in [1.165, 1.54) is 0 Å². The first-order chi connectivity index (χ1) is 7.49. The molecule has 0 bridgehead atoms. The van der Waals surface area contributed by atoms with Crippen molar-refractivity contribution in [2.75, 3.05) is 0 Å². The van der Waals surface area contributed by atoms with Gasteiger partial charge in [-0.15, -0.1) is 0 Å². The number of nitrogens with two attached hydrogens (primary N) is 1. The number of alkyl halides is 1. The van der Waals surface area contributed by atoms with Gasteiger partial charge in [-0.1, -0.05) is 19.3 Å². The molecule has 0 saturated heterocycles. The molecular formula is C11H17FN2O2. The van der Waals surface area contributed by atoms with Crippen LogP contribution in [0.25, 0.3) is 0 Å². The number of amides is 1. The Balaban J connectivity index is 1.86. The van der Waals surface area contributed by atoms with Crippen LogP contribution >= 0.6 is 0 Å². The number of rotatable bonds is 5. The second-order valence-electron chi connectivity index (χ2n) is 4.94. The predicted molar refractivity (Wildman–Crippen MR) is 56.2 cm³/mol. The Kier molecular flexibility index (Phi) is 2.97. The molecule has 0 radical (unpaired) electrons. The molecule has 1 atom stereocenters. The maximum Gasteiger partial charge on any atom is 0.292 e. The van der Waals surface area contributed by atoms with Gasteiger partial charge >= 0.3 is 0 Å². The molecule has 90 valence electrons. The number of hydrogen-bond donors (Lipinski definition) is 2. The van der Waals surface area contributed by atoms with Gasteiger partial charge in [0.2, 0.25) is 5.79 Å². The number of hydrogen-bond acceptors (Lipinski definition) is 3. The highest BCUT2D eigenvalue weighted by Gasteiger charge is 2.42. The van der Waals surface area contributed by atoms with E-state index >= 15 is 0 Å². The molecule has 2 aliphatic rings. The number of ketones is 1. The molecule has 4 nitrogen and oxygen atoms in total. The quantitative estimate of drug-likeness (QED) is 0.536. The molecule has 0 aliphatic heterocycles. The van der Waals surface area contributed by atoms with Gasteiger partial charge in [0.25, 0.3) is 11.7 Å². The Morgan fingerprint density at radius 1 is 1.31 bits per heavy atom. The minimum Gasteiger partial charge on any atom is -0.347 e. The minimum absolute atomic E-state index is 0.0239. The standard InChI is InChI=1S/C11H17FN2O2/c12-11(13,6-7-2-1-3-7)9(15)10(16)14-8-4-5-8/h7-8H,1-6,13H2,(H,14,16)/t11-/m0/s1. The highest BCUT2D eigenvalue weighted by molar-refractivity contribution is 6.39. The first-order valence-corrected chi connectivity index (χ1v) is 5.82. The fraction of sp³-hybridized carbons (Fsp3) is 0.818. The van der Waals surface area contributed by atoms with Gasteiger partial charge in [0, 0.05) is 12.5 Å². The van der Waals surface area contributed by atoms with Gasteiger partial charge in [-0.3, -0.25) is 15.3 Å². The zero-order chi connectivity index (χ0) is 11.8. The van der Waals surface area contributed by atoms with E-state index in [2.05, 4.69) is 5.32 Å². The van der Waals surface area contributed by atoms with Crippen LogP contribution in [-0.2, 0) is 9.59 Å². The Bertz CT molecular complexity index is 309. The topological polar surface area (TPSA) is 72.2 Å². The van der Waals surface area contributed by atoms with Gasteiger partial charge < -0.3 is 5.32 Å². The molecule has 0 aromatic heterocycles. The number of carbonyl (C=O) groups excluding carboxylic acids is 2. The third-order valence-electron chi connectivity index (χ3n) is 3.31. The van der Waals surface area contributed by atoms with Crippen LogP contribution in [0, 0.1) is 5.92 Å². The fourth-order valence-electron chi connectivity index (χ4n) is 1.88. The molecule has 0 aromatic rings. The number of Topliss-reactive ketones (excluding diaryl/α,β-unsaturated/α-hetero) is 1. The summed E-state index contributed by atoms with van der Waals surface area (Å²) in [7, 11) is 0. The van der Waals surface area contributed by atoms with Gasteiger partial charge in [-0.2, -0.15) is 0 Å². The molecule has 2 fully saturated rings. The fourth-order valence-corrected chi connectivity index (χ4v) is 1.88. The number of nitrogens with one attached hydrogen (secondary N) is 1. The van der Waals surface area contributed by atoms with Crippen molar-refractivity contribution in [2.45, 2.75) is 50.4 Å². The molecule has 0 spiro atoms. The van der Waals surface area contributed by atoms with E-state index in [0.717, 1.165) is 32.1 Å². The van der Waals surface area contributed by atoms with Crippen molar-refractivity contribution in [3.05, 3.63) is 0 Å². The van der Waals surface area contributed by atoms with Gasteiger partial charge in [-0.05, 0) is 18.8 Å². The van der Waals surface area contributed by atoms with Crippen LogP contribution < -0.4 is 11.1 Å². The summed E-state index contributed by atoms with van der Waals surface area (Å²) in [6.07, 6.45) is 4.57. The molecule has 2 saturated carbocycles. The lowest BCUT2D eigenvalue weighted by Crippen LogP contribution is -2.52. The molecule has 2 aliphatic carbocycles. The third kappa shape index (κ3) is 2.58. The molecule has 3 N–H and O–H groups in total. The van der Waals surface area contributed by atoms with E-state index in [1.807, 2.05) is 0 Å². The first-order valence-electron chi connectivity index (χ1n) is 5.82. The summed E-state index contributed by atoms with van der Waals surface area (Å²) < 4.78 is 13.8. The second kappa shape index (κ2) is 4.13. The highest BCUT2D eigenvalue weighted by Crippen LogP contribution is 2.33. The second-order valence-corrected chi connectivity index (χ2v) is 4.94. The Morgan fingerprint density at radius 2 is 1.94 bits per heavy atom. The van der Waals surface area contributed by atoms with E-state index in [-0.39, 0.29) is 18.4 Å². The van der Waals surface area contributed by atoms with Gasteiger partial charge in [0.1, 0.15) is 0 Å². The number of halogens is 1. The van der Waals surface area contributed by atoms with E-state index in [0.29, 0.717) is 0 Å².